The number of carbonyl (C=O) groups excluding carboxylic acids is 1. The number of hydrogen-bond acceptors (Lipinski definition) is 4. The maximum atomic E-state index is 12.8. The first-order valence-corrected chi connectivity index (χ1v) is 8.23. The van der Waals surface area contributed by atoms with Crippen LogP contribution in [0.5, 0.6) is 0 Å². The number of nitrogens with one attached hydrogen (secondary N) is 1. The molecule has 2 unspecified atom stereocenters. The average molecular weight is 326 g/mol. The zero-order chi connectivity index (χ0) is 14.4. The molecular formula is C16H24ClN3O2. The van der Waals surface area contributed by atoms with Crippen molar-refractivity contribution in [2.45, 2.75) is 69.5 Å². The molecule has 6 heteroatoms. The molecule has 1 aromatic heterocycles. The van der Waals surface area contributed by atoms with Crippen molar-refractivity contribution >= 4 is 18.3 Å². The molecule has 3 heterocycles. The smallest absolute Gasteiger partial charge is 0.276 e. The van der Waals surface area contributed by atoms with Crippen LogP contribution in [-0.4, -0.2) is 41.1 Å². The topological polar surface area (TPSA) is 58.4 Å². The van der Waals surface area contributed by atoms with E-state index >= 15 is 0 Å². The number of fused-ring (bicyclic) bond motifs is 3. The van der Waals surface area contributed by atoms with Crippen molar-refractivity contribution in [1.82, 2.24) is 15.4 Å². The fourth-order valence-corrected chi connectivity index (χ4v) is 4.23. The Hall–Kier alpha value is -1.07. The Balaban J connectivity index is 0.00000144. The predicted octanol–water partition coefficient (Wildman–Crippen LogP) is 2.33. The lowest BCUT2D eigenvalue weighted by atomic mass is 9.95. The summed E-state index contributed by atoms with van der Waals surface area (Å²) in [7, 11) is 1.93. The van der Waals surface area contributed by atoms with Crippen LogP contribution in [0.15, 0.2) is 4.52 Å². The van der Waals surface area contributed by atoms with Gasteiger partial charge < -0.3 is 14.7 Å². The number of nitrogens with zero attached hydrogens (tertiary/aromatic N) is 2. The Kier molecular flexibility index (Phi) is 4.46. The highest BCUT2D eigenvalue weighted by Gasteiger charge is 2.37. The lowest BCUT2D eigenvalue weighted by molar-refractivity contribution is 0.0670. The quantitative estimate of drug-likeness (QED) is 0.906. The first-order chi connectivity index (χ1) is 10.2. The van der Waals surface area contributed by atoms with Crippen LogP contribution in [0.4, 0.5) is 0 Å². The van der Waals surface area contributed by atoms with E-state index in [0.717, 1.165) is 49.8 Å². The van der Waals surface area contributed by atoms with Crippen molar-refractivity contribution in [1.29, 1.82) is 0 Å². The van der Waals surface area contributed by atoms with E-state index in [4.69, 9.17) is 4.52 Å². The van der Waals surface area contributed by atoms with Crippen molar-refractivity contribution in [2.75, 3.05) is 7.05 Å². The highest BCUT2D eigenvalue weighted by atomic mass is 35.5. The van der Waals surface area contributed by atoms with Gasteiger partial charge in [-0.2, -0.15) is 0 Å². The monoisotopic (exact) mass is 325 g/mol. The molecule has 0 radical (unpaired) electrons. The number of aryl methyl sites for hydroxylation is 1. The molecule has 0 spiro atoms. The van der Waals surface area contributed by atoms with Gasteiger partial charge in [0, 0.05) is 37.2 Å². The Labute approximate surface area is 137 Å². The van der Waals surface area contributed by atoms with Crippen LogP contribution in [0, 0.1) is 0 Å². The van der Waals surface area contributed by atoms with Crippen molar-refractivity contribution in [3.8, 4) is 0 Å². The molecular weight excluding hydrogens is 302 g/mol. The van der Waals surface area contributed by atoms with Gasteiger partial charge in [0.2, 0.25) is 0 Å². The Morgan fingerprint density at radius 2 is 1.91 bits per heavy atom. The van der Waals surface area contributed by atoms with E-state index in [1.165, 1.54) is 12.8 Å². The summed E-state index contributed by atoms with van der Waals surface area (Å²) in [4.78, 5) is 14.7. The van der Waals surface area contributed by atoms with Gasteiger partial charge in [0.15, 0.2) is 5.69 Å². The molecule has 1 amide bonds. The van der Waals surface area contributed by atoms with Gasteiger partial charge in [0.1, 0.15) is 5.76 Å². The minimum absolute atomic E-state index is 0. The van der Waals surface area contributed by atoms with E-state index in [0.29, 0.717) is 23.8 Å². The van der Waals surface area contributed by atoms with Gasteiger partial charge in [0.05, 0.1) is 0 Å². The zero-order valence-electron chi connectivity index (χ0n) is 13.0. The molecule has 0 saturated carbocycles. The molecule has 4 rings (SSSR count). The third-order valence-corrected chi connectivity index (χ3v) is 5.47. The first kappa shape index (κ1) is 15.8. The summed E-state index contributed by atoms with van der Waals surface area (Å²) in [6, 6.07) is 1.53. The lowest BCUT2D eigenvalue weighted by Gasteiger charge is -2.35. The molecule has 2 bridgehead atoms. The van der Waals surface area contributed by atoms with Gasteiger partial charge in [-0.1, -0.05) is 5.16 Å². The summed E-state index contributed by atoms with van der Waals surface area (Å²) in [5.41, 5.74) is 1.63. The fourth-order valence-electron chi connectivity index (χ4n) is 4.23. The number of piperidine rings is 1. The molecule has 0 aromatic carbocycles. The Bertz CT molecular complexity index is 548. The van der Waals surface area contributed by atoms with Crippen molar-refractivity contribution in [3.05, 3.63) is 17.0 Å². The Morgan fingerprint density at radius 1 is 1.23 bits per heavy atom. The standard InChI is InChI=1S/C16H23N3O2.ClH/c1-19(12-8-10-6-7-11(9-12)17-10)16(20)15-13-4-2-3-5-14(13)21-18-15;/h10-12,17H,2-9H2,1H3;1H. The van der Waals surface area contributed by atoms with Gasteiger partial charge in [-0.3, -0.25) is 4.79 Å². The number of amides is 1. The maximum absolute atomic E-state index is 12.8. The normalized spacial score (nSPS) is 29.6. The van der Waals surface area contributed by atoms with Crippen molar-refractivity contribution in [2.24, 2.45) is 0 Å². The summed E-state index contributed by atoms with van der Waals surface area (Å²) in [5, 5.41) is 7.71. The van der Waals surface area contributed by atoms with Crippen LogP contribution in [0.25, 0.3) is 0 Å². The van der Waals surface area contributed by atoms with Gasteiger partial charge in [-0.05, 0) is 44.9 Å². The van der Waals surface area contributed by atoms with Crippen LogP contribution in [0.2, 0.25) is 0 Å². The second-order valence-electron chi connectivity index (χ2n) is 6.82. The highest BCUT2D eigenvalue weighted by Crippen LogP contribution is 2.31. The molecule has 2 fully saturated rings. The summed E-state index contributed by atoms with van der Waals surface area (Å²) < 4.78 is 5.39. The molecule has 5 nitrogen and oxygen atoms in total. The summed E-state index contributed by atoms with van der Waals surface area (Å²) in [5.74, 6) is 0.983. The van der Waals surface area contributed by atoms with Crippen LogP contribution in [0.3, 0.4) is 0 Å². The molecule has 3 aliphatic rings. The van der Waals surface area contributed by atoms with Crippen molar-refractivity contribution < 1.29 is 9.32 Å². The van der Waals surface area contributed by atoms with E-state index in [9.17, 15) is 4.79 Å². The number of carbonyl (C=O) groups is 1. The number of hydrogen-bond donors (Lipinski definition) is 1. The second-order valence-corrected chi connectivity index (χ2v) is 6.82. The SMILES string of the molecule is CN(C(=O)c1noc2c1CCCC2)C1CC2CCC(C1)N2.Cl. The second kappa shape index (κ2) is 6.20. The van der Waals surface area contributed by atoms with Crippen LogP contribution >= 0.6 is 12.4 Å². The van der Waals surface area contributed by atoms with Crippen LogP contribution in [-0.2, 0) is 12.8 Å². The zero-order valence-corrected chi connectivity index (χ0v) is 13.8. The third kappa shape index (κ3) is 2.65. The van der Waals surface area contributed by atoms with E-state index in [-0.39, 0.29) is 18.3 Å². The number of halogens is 1. The molecule has 122 valence electrons. The molecule has 1 aliphatic carbocycles. The van der Waals surface area contributed by atoms with E-state index in [1.807, 2.05) is 11.9 Å². The van der Waals surface area contributed by atoms with Gasteiger partial charge in [0.25, 0.3) is 5.91 Å². The largest absolute Gasteiger partial charge is 0.360 e. The van der Waals surface area contributed by atoms with E-state index in [1.54, 1.807) is 0 Å². The van der Waals surface area contributed by atoms with Crippen molar-refractivity contribution in [3.63, 3.8) is 0 Å². The average Bonchev–Trinajstić information content (AvgIpc) is 3.09. The minimum Gasteiger partial charge on any atom is -0.360 e. The molecule has 1 aromatic rings. The third-order valence-electron chi connectivity index (χ3n) is 5.47. The fraction of sp³-hybridized carbons (Fsp3) is 0.750. The predicted molar refractivity (Wildman–Crippen MR) is 85.5 cm³/mol. The van der Waals surface area contributed by atoms with Gasteiger partial charge in [-0.15, -0.1) is 12.4 Å². The molecule has 2 atom stereocenters. The Morgan fingerprint density at radius 3 is 2.64 bits per heavy atom. The summed E-state index contributed by atoms with van der Waals surface area (Å²) in [6.07, 6.45) is 8.78. The highest BCUT2D eigenvalue weighted by molar-refractivity contribution is 5.94. The van der Waals surface area contributed by atoms with Crippen LogP contribution < -0.4 is 5.32 Å². The summed E-state index contributed by atoms with van der Waals surface area (Å²) in [6.45, 7) is 0. The first-order valence-electron chi connectivity index (χ1n) is 8.23. The van der Waals surface area contributed by atoms with Crippen LogP contribution in [0.1, 0.15) is 60.3 Å². The summed E-state index contributed by atoms with van der Waals surface area (Å²) >= 11 is 0. The number of aromatic nitrogens is 1. The number of rotatable bonds is 2. The maximum Gasteiger partial charge on any atom is 0.276 e. The lowest BCUT2D eigenvalue weighted by Crippen LogP contribution is -2.48. The minimum atomic E-state index is 0. The van der Waals surface area contributed by atoms with E-state index < -0.39 is 0 Å². The molecule has 2 aliphatic heterocycles. The van der Waals surface area contributed by atoms with Gasteiger partial charge >= 0.3 is 0 Å². The van der Waals surface area contributed by atoms with Gasteiger partial charge in [-0.25, -0.2) is 0 Å². The molecule has 22 heavy (non-hydrogen) atoms. The molecule has 2 saturated heterocycles. The van der Waals surface area contributed by atoms with E-state index in [2.05, 4.69) is 10.5 Å². The molecule has 1 N–H and O–H groups in total.